The number of ether oxygens (including phenoxy) is 2. The maximum Gasteiger partial charge on any atom is 0.408 e. The molecule has 1 aliphatic rings. The van der Waals surface area contributed by atoms with Gasteiger partial charge in [-0.3, -0.25) is 0 Å². The highest BCUT2D eigenvalue weighted by atomic mass is 35.7. The topological polar surface area (TPSA) is 81.7 Å². The highest BCUT2D eigenvalue weighted by molar-refractivity contribution is 8.13. The van der Waals surface area contributed by atoms with E-state index in [1.54, 1.807) is 26.8 Å². The van der Waals surface area contributed by atoms with Crippen LogP contribution in [0.15, 0.2) is 24.3 Å². The molecule has 0 aromatic heterocycles. The van der Waals surface area contributed by atoms with Crippen LogP contribution in [0.1, 0.15) is 26.3 Å². The molecule has 1 amide bonds. The predicted molar refractivity (Wildman–Crippen MR) is 87.4 cm³/mol. The van der Waals surface area contributed by atoms with Gasteiger partial charge in [0.05, 0.1) is 11.3 Å². The Hall–Kier alpha value is -1.47. The summed E-state index contributed by atoms with van der Waals surface area (Å²) in [6.45, 7) is 5.17. The minimum Gasteiger partial charge on any atom is -0.491 e. The molecule has 0 bridgehead atoms. The quantitative estimate of drug-likeness (QED) is 0.836. The van der Waals surface area contributed by atoms with Crippen LogP contribution in [0.4, 0.5) is 4.79 Å². The zero-order chi connectivity index (χ0) is 17.3. The van der Waals surface area contributed by atoms with E-state index in [2.05, 4.69) is 5.32 Å². The molecule has 0 fully saturated rings. The summed E-state index contributed by atoms with van der Waals surface area (Å²) in [5, 5.41) is 2.64. The lowest BCUT2D eigenvalue weighted by atomic mass is 9.90. The number of amides is 1. The summed E-state index contributed by atoms with van der Waals surface area (Å²) in [4.78, 5) is 12.1. The van der Waals surface area contributed by atoms with Gasteiger partial charge in [0, 0.05) is 17.1 Å². The largest absolute Gasteiger partial charge is 0.491 e. The van der Waals surface area contributed by atoms with E-state index in [9.17, 15) is 13.2 Å². The lowest BCUT2D eigenvalue weighted by Crippen LogP contribution is -2.60. The van der Waals surface area contributed by atoms with Gasteiger partial charge in [0.15, 0.2) is 0 Å². The molecule has 1 heterocycles. The van der Waals surface area contributed by atoms with Crippen molar-refractivity contribution in [2.45, 2.75) is 38.3 Å². The molecule has 2 rings (SSSR count). The van der Waals surface area contributed by atoms with Crippen LogP contribution < -0.4 is 10.1 Å². The third-order valence-corrected chi connectivity index (χ3v) is 4.44. The molecule has 0 saturated heterocycles. The number of carbonyl (C=O) groups is 1. The number of para-hydroxylation sites is 1. The normalized spacial score (nSPS) is 21.0. The Bertz CT molecular complexity index is 698. The van der Waals surface area contributed by atoms with Crippen molar-refractivity contribution >= 4 is 25.8 Å². The van der Waals surface area contributed by atoms with E-state index in [1.807, 2.05) is 18.2 Å². The van der Waals surface area contributed by atoms with Gasteiger partial charge in [0.1, 0.15) is 18.0 Å². The number of carbonyl (C=O) groups excluding carboxylic acids is 1. The first-order valence-electron chi connectivity index (χ1n) is 7.12. The van der Waals surface area contributed by atoms with E-state index in [1.165, 1.54) is 0 Å². The van der Waals surface area contributed by atoms with E-state index in [-0.39, 0.29) is 13.0 Å². The van der Waals surface area contributed by atoms with Crippen LogP contribution >= 0.6 is 10.7 Å². The van der Waals surface area contributed by atoms with Gasteiger partial charge >= 0.3 is 6.09 Å². The van der Waals surface area contributed by atoms with E-state index in [0.29, 0.717) is 5.75 Å². The van der Waals surface area contributed by atoms with Gasteiger partial charge in [-0.1, -0.05) is 18.2 Å². The number of benzene rings is 1. The average molecular weight is 362 g/mol. The molecule has 0 saturated carbocycles. The first-order chi connectivity index (χ1) is 10.5. The molecule has 6 nitrogen and oxygen atoms in total. The van der Waals surface area contributed by atoms with Gasteiger partial charge in [-0.15, -0.1) is 0 Å². The van der Waals surface area contributed by atoms with Crippen molar-refractivity contribution in [1.29, 1.82) is 0 Å². The molecule has 8 heteroatoms. The fourth-order valence-electron chi connectivity index (χ4n) is 2.48. The summed E-state index contributed by atoms with van der Waals surface area (Å²) in [5.74, 6) is 0.218. The first kappa shape index (κ1) is 17.9. The summed E-state index contributed by atoms with van der Waals surface area (Å²) in [5.41, 5.74) is -1.06. The zero-order valence-electron chi connectivity index (χ0n) is 13.3. The minimum absolute atomic E-state index is 0.00476. The van der Waals surface area contributed by atoms with Gasteiger partial charge in [0.2, 0.25) is 9.05 Å². The summed E-state index contributed by atoms with van der Waals surface area (Å²) in [6.07, 6.45) is -0.422. The molecule has 1 N–H and O–H groups in total. The van der Waals surface area contributed by atoms with Crippen molar-refractivity contribution < 1.29 is 22.7 Å². The number of fused-ring (bicyclic) bond motifs is 1. The lowest BCUT2D eigenvalue weighted by molar-refractivity contribution is 0.0416. The first-order valence-corrected chi connectivity index (χ1v) is 9.60. The number of hydrogen-bond donors (Lipinski definition) is 1. The summed E-state index contributed by atoms with van der Waals surface area (Å²) < 4.78 is 34.0. The van der Waals surface area contributed by atoms with Gasteiger partial charge in [-0.05, 0) is 32.4 Å². The van der Waals surface area contributed by atoms with Crippen LogP contribution in [0.5, 0.6) is 5.75 Å². The monoisotopic (exact) mass is 361 g/mol. The molecular weight excluding hydrogens is 342 g/mol. The highest BCUT2D eigenvalue weighted by Crippen LogP contribution is 2.31. The molecule has 1 aromatic rings. The van der Waals surface area contributed by atoms with Crippen LogP contribution in [0.3, 0.4) is 0 Å². The zero-order valence-corrected chi connectivity index (χ0v) is 14.8. The molecule has 128 valence electrons. The van der Waals surface area contributed by atoms with Crippen molar-refractivity contribution in [2.75, 3.05) is 12.4 Å². The SMILES string of the molecule is CC(C)(C)OC(=O)NC1(CS(=O)(=O)Cl)COc2ccccc2C1. The van der Waals surface area contributed by atoms with Gasteiger partial charge in [-0.2, -0.15) is 0 Å². The Labute approximate surface area is 140 Å². The molecule has 0 aliphatic carbocycles. The molecule has 0 spiro atoms. The Morgan fingerprint density at radius 3 is 2.65 bits per heavy atom. The van der Waals surface area contributed by atoms with E-state index in [4.69, 9.17) is 20.2 Å². The Kier molecular flexibility index (Phi) is 4.82. The lowest BCUT2D eigenvalue weighted by Gasteiger charge is -2.38. The Morgan fingerprint density at radius 2 is 2.04 bits per heavy atom. The molecule has 23 heavy (non-hydrogen) atoms. The summed E-state index contributed by atoms with van der Waals surface area (Å²) >= 11 is 0. The van der Waals surface area contributed by atoms with Crippen molar-refractivity contribution in [2.24, 2.45) is 0 Å². The standard InChI is InChI=1S/C15H20ClNO5S/c1-14(2,3)22-13(18)17-15(10-23(16,19)20)8-11-6-4-5-7-12(11)21-9-15/h4-7H,8-10H2,1-3H3,(H,17,18). The summed E-state index contributed by atoms with van der Waals surface area (Å²) in [7, 11) is 1.57. The second-order valence-electron chi connectivity index (χ2n) is 6.66. The Balaban J connectivity index is 2.26. The molecular formula is C15H20ClNO5S. The van der Waals surface area contributed by atoms with E-state index in [0.717, 1.165) is 5.56 Å². The molecule has 1 aromatic carbocycles. The number of halogens is 1. The van der Waals surface area contributed by atoms with E-state index < -0.39 is 32.0 Å². The maximum absolute atomic E-state index is 12.1. The summed E-state index contributed by atoms with van der Waals surface area (Å²) in [6, 6.07) is 7.26. The fourth-order valence-corrected chi connectivity index (χ4v) is 4.03. The molecule has 1 atom stereocenters. The van der Waals surface area contributed by atoms with Crippen LogP contribution in [-0.2, 0) is 20.2 Å². The number of rotatable bonds is 3. The number of alkyl carbamates (subject to hydrolysis) is 1. The van der Waals surface area contributed by atoms with Crippen molar-refractivity contribution in [3.63, 3.8) is 0 Å². The van der Waals surface area contributed by atoms with Crippen molar-refractivity contribution in [3.8, 4) is 5.75 Å². The van der Waals surface area contributed by atoms with Crippen LogP contribution in [0, 0.1) is 0 Å². The van der Waals surface area contributed by atoms with E-state index >= 15 is 0 Å². The van der Waals surface area contributed by atoms with Gasteiger partial charge < -0.3 is 14.8 Å². The van der Waals surface area contributed by atoms with Crippen LogP contribution in [-0.4, -0.2) is 38.0 Å². The highest BCUT2D eigenvalue weighted by Gasteiger charge is 2.42. The fraction of sp³-hybridized carbons (Fsp3) is 0.533. The minimum atomic E-state index is -3.85. The molecule has 1 unspecified atom stereocenters. The average Bonchev–Trinajstić information content (AvgIpc) is 2.33. The van der Waals surface area contributed by atoms with Crippen molar-refractivity contribution in [1.82, 2.24) is 5.32 Å². The predicted octanol–water partition coefficient (Wildman–Crippen LogP) is 2.45. The van der Waals surface area contributed by atoms with Crippen LogP contribution in [0.2, 0.25) is 0 Å². The van der Waals surface area contributed by atoms with Gasteiger partial charge in [0.25, 0.3) is 0 Å². The smallest absolute Gasteiger partial charge is 0.408 e. The molecule has 0 radical (unpaired) electrons. The van der Waals surface area contributed by atoms with Crippen LogP contribution in [0.25, 0.3) is 0 Å². The third-order valence-electron chi connectivity index (χ3n) is 3.22. The Morgan fingerprint density at radius 1 is 1.39 bits per heavy atom. The van der Waals surface area contributed by atoms with Crippen molar-refractivity contribution in [3.05, 3.63) is 29.8 Å². The number of hydrogen-bond acceptors (Lipinski definition) is 5. The third kappa shape index (κ3) is 5.28. The second-order valence-corrected chi connectivity index (χ2v) is 9.44. The maximum atomic E-state index is 12.1. The molecule has 1 aliphatic heterocycles. The number of nitrogens with one attached hydrogen (secondary N) is 1. The second kappa shape index (κ2) is 6.20. The van der Waals surface area contributed by atoms with Gasteiger partial charge in [-0.25, -0.2) is 13.2 Å².